The molecular weight excluding hydrogens is 446 g/mol. The van der Waals surface area contributed by atoms with E-state index in [0.29, 0.717) is 17.3 Å². The summed E-state index contributed by atoms with van der Waals surface area (Å²) in [6, 6.07) is 10.7. The van der Waals surface area contributed by atoms with Crippen LogP contribution in [0, 0.1) is 25.5 Å². The molecule has 182 valence electrons. The number of benzene rings is 2. The van der Waals surface area contributed by atoms with E-state index >= 15 is 8.78 Å². The number of fused-ring (bicyclic) bond motifs is 1. The molecule has 0 aliphatic carbocycles. The summed E-state index contributed by atoms with van der Waals surface area (Å²) in [6.07, 6.45) is 3.47. The number of halogens is 2. The third-order valence-corrected chi connectivity index (χ3v) is 6.89. The molecule has 2 aromatic heterocycles. The molecular formula is C27H30F2N6. The van der Waals surface area contributed by atoms with Gasteiger partial charge in [0.1, 0.15) is 17.3 Å². The third kappa shape index (κ3) is 4.90. The molecule has 4 aromatic rings. The maximum absolute atomic E-state index is 15.1. The van der Waals surface area contributed by atoms with Gasteiger partial charge in [-0.3, -0.25) is 4.90 Å². The molecule has 1 fully saturated rings. The zero-order valence-corrected chi connectivity index (χ0v) is 20.4. The van der Waals surface area contributed by atoms with E-state index in [2.05, 4.69) is 38.9 Å². The Morgan fingerprint density at radius 1 is 0.914 bits per heavy atom. The van der Waals surface area contributed by atoms with E-state index in [1.807, 2.05) is 31.2 Å². The predicted octanol–water partition coefficient (Wildman–Crippen LogP) is 5.20. The second-order valence-corrected chi connectivity index (χ2v) is 9.18. The first-order chi connectivity index (χ1) is 16.9. The van der Waals surface area contributed by atoms with Crippen molar-refractivity contribution >= 4 is 22.7 Å². The van der Waals surface area contributed by atoms with Crippen molar-refractivity contribution in [1.82, 2.24) is 24.3 Å². The van der Waals surface area contributed by atoms with Gasteiger partial charge in [-0.2, -0.15) is 4.98 Å². The fourth-order valence-corrected chi connectivity index (χ4v) is 4.50. The first-order valence-electron chi connectivity index (χ1n) is 12.0. The molecule has 0 atom stereocenters. The lowest BCUT2D eigenvalue weighted by atomic mass is 10.1. The number of aryl methyl sites for hydroxylation is 2. The average Bonchev–Trinajstić information content (AvgIpc) is 3.27. The minimum Gasteiger partial charge on any atom is -0.324 e. The summed E-state index contributed by atoms with van der Waals surface area (Å²) < 4.78 is 31.9. The lowest BCUT2D eigenvalue weighted by molar-refractivity contribution is 0.129. The van der Waals surface area contributed by atoms with Gasteiger partial charge in [-0.25, -0.2) is 13.8 Å². The highest BCUT2D eigenvalue weighted by atomic mass is 19.1. The van der Waals surface area contributed by atoms with E-state index in [1.54, 1.807) is 17.0 Å². The average molecular weight is 477 g/mol. The predicted molar refractivity (Wildman–Crippen MR) is 135 cm³/mol. The highest BCUT2D eigenvalue weighted by Crippen LogP contribution is 2.25. The second-order valence-electron chi connectivity index (χ2n) is 9.18. The van der Waals surface area contributed by atoms with Gasteiger partial charge in [-0.1, -0.05) is 13.0 Å². The summed E-state index contributed by atoms with van der Waals surface area (Å²) in [4.78, 5) is 13.5. The number of nitrogens with zero attached hydrogens (tertiary/aromatic N) is 5. The molecule has 0 bridgehead atoms. The highest BCUT2D eigenvalue weighted by molar-refractivity contribution is 5.79. The Bertz CT molecular complexity index is 1330. The summed E-state index contributed by atoms with van der Waals surface area (Å²) in [5.74, 6) is -0.658. The zero-order chi connectivity index (χ0) is 24.5. The third-order valence-electron chi connectivity index (χ3n) is 6.89. The molecule has 3 heterocycles. The molecule has 1 saturated heterocycles. The molecule has 0 saturated carbocycles. The van der Waals surface area contributed by atoms with Crippen LogP contribution in [-0.4, -0.2) is 57.1 Å². The van der Waals surface area contributed by atoms with E-state index < -0.39 is 11.6 Å². The fourth-order valence-electron chi connectivity index (χ4n) is 4.50. The standard InChI is InChI=1S/C27H30F2N6/c1-4-33-9-11-34(12-10-33)17-23-24(28)14-22(15-25(23)29)35-8-7-20-16-30-27(32-26(20)35)31-21-6-5-18(2)19(3)13-21/h5-8,13-16H,4,9-12,17H2,1-3H3,(H,30,31,32). The summed E-state index contributed by atoms with van der Waals surface area (Å²) in [6.45, 7) is 11.0. The van der Waals surface area contributed by atoms with Gasteiger partial charge in [0.05, 0.1) is 5.69 Å². The van der Waals surface area contributed by atoms with Crippen molar-refractivity contribution in [2.75, 3.05) is 38.0 Å². The molecule has 0 amide bonds. The van der Waals surface area contributed by atoms with Gasteiger partial charge in [0.25, 0.3) is 0 Å². The van der Waals surface area contributed by atoms with Crippen LogP contribution in [0.25, 0.3) is 16.7 Å². The van der Waals surface area contributed by atoms with Crippen LogP contribution in [0.2, 0.25) is 0 Å². The normalized spacial score (nSPS) is 15.1. The number of hydrogen-bond acceptors (Lipinski definition) is 5. The number of rotatable bonds is 6. The molecule has 5 rings (SSSR count). The number of likely N-dealkylation sites (N-methyl/N-ethyl adjacent to an activating group) is 1. The van der Waals surface area contributed by atoms with Crippen molar-refractivity contribution in [3.8, 4) is 5.69 Å². The molecule has 1 aliphatic heterocycles. The van der Waals surface area contributed by atoms with Crippen LogP contribution >= 0.6 is 0 Å². The Labute approximate surface area is 204 Å². The molecule has 35 heavy (non-hydrogen) atoms. The molecule has 0 radical (unpaired) electrons. The Balaban J connectivity index is 1.40. The minimum absolute atomic E-state index is 0.113. The maximum Gasteiger partial charge on any atom is 0.229 e. The van der Waals surface area contributed by atoms with Crippen LogP contribution < -0.4 is 5.32 Å². The van der Waals surface area contributed by atoms with Crippen LogP contribution in [0.5, 0.6) is 0 Å². The van der Waals surface area contributed by atoms with Gasteiger partial charge in [0, 0.05) is 61.8 Å². The van der Waals surface area contributed by atoms with E-state index in [1.165, 1.54) is 17.7 Å². The van der Waals surface area contributed by atoms with E-state index in [0.717, 1.165) is 49.4 Å². The summed E-state index contributed by atoms with van der Waals surface area (Å²) in [7, 11) is 0. The Hall–Kier alpha value is -3.36. The molecule has 8 heteroatoms. The van der Waals surface area contributed by atoms with Crippen molar-refractivity contribution in [1.29, 1.82) is 0 Å². The van der Waals surface area contributed by atoms with Crippen molar-refractivity contribution in [2.24, 2.45) is 0 Å². The largest absolute Gasteiger partial charge is 0.324 e. The Morgan fingerprint density at radius 2 is 1.63 bits per heavy atom. The number of aromatic nitrogens is 3. The second kappa shape index (κ2) is 9.71. The van der Waals surface area contributed by atoms with Crippen molar-refractivity contribution in [3.05, 3.63) is 77.1 Å². The quantitative estimate of drug-likeness (QED) is 0.415. The fraction of sp³-hybridized carbons (Fsp3) is 0.333. The Morgan fingerprint density at radius 3 is 2.31 bits per heavy atom. The summed E-state index contributed by atoms with van der Waals surface area (Å²) in [5, 5.41) is 4.01. The number of anilines is 2. The van der Waals surface area contributed by atoms with Crippen molar-refractivity contribution in [2.45, 2.75) is 27.3 Å². The van der Waals surface area contributed by atoms with Gasteiger partial charge in [0.15, 0.2) is 0 Å². The summed E-state index contributed by atoms with van der Waals surface area (Å²) in [5.41, 5.74) is 4.34. The molecule has 0 unspecified atom stereocenters. The SMILES string of the molecule is CCN1CCN(Cc2c(F)cc(-n3ccc4cnc(Nc5ccc(C)c(C)c5)nc43)cc2F)CC1. The van der Waals surface area contributed by atoms with E-state index in [4.69, 9.17) is 0 Å². The topological polar surface area (TPSA) is 49.2 Å². The number of hydrogen-bond donors (Lipinski definition) is 1. The van der Waals surface area contributed by atoms with Crippen LogP contribution in [0.1, 0.15) is 23.6 Å². The lowest BCUT2D eigenvalue weighted by Crippen LogP contribution is -2.45. The van der Waals surface area contributed by atoms with Gasteiger partial charge in [0.2, 0.25) is 5.95 Å². The molecule has 6 nitrogen and oxygen atoms in total. The van der Waals surface area contributed by atoms with Crippen LogP contribution in [0.15, 0.2) is 48.8 Å². The first kappa shape index (κ1) is 23.4. The maximum atomic E-state index is 15.1. The number of nitrogens with one attached hydrogen (secondary N) is 1. The molecule has 2 aromatic carbocycles. The molecule has 1 N–H and O–H groups in total. The minimum atomic E-state index is -0.540. The zero-order valence-electron chi connectivity index (χ0n) is 20.4. The van der Waals surface area contributed by atoms with Gasteiger partial charge >= 0.3 is 0 Å². The first-order valence-corrected chi connectivity index (χ1v) is 12.0. The monoisotopic (exact) mass is 476 g/mol. The smallest absolute Gasteiger partial charge is 0.229 e. The van der Waals surface area contributed by atoms with E-state index in [9.17, 15) is 0 Å². The molecule has 1 aliphatic rings. The van der Waals surface area contributed by atoms with Crippen LogP contribution in [0.3, 0.4) is 0 Å². The van der Waals surface area contributed by atoms with Gasteiger partial charge < -0.3 is 14.8 Å². The highest BCUT2D eigenvalue weighted by Gasteiger charge is 2.20. The van der Waals surface area contributed by atoms with Crippen LogP contribution in [-0.2, 0) is 6.54 Å². The lowest BCUT2D eigenvalue weighted by Gasteiger charge is -2.34. The Kier molecular flexibility index (Phi) is 6.49. The van der Waals surface area contributed by atoms with Crippen LogP contribution in [0.4, 0.5) is 20.4 Å². The van der Waals surface area contributed by atoms with Crippen molar-refractivity contribution in [3.63, 3.8) is 0 Å². The van der Waals surface area contributed by atoms with E-state index in [-0.39, 0.29) is 12.1 Å². The summed E-state index contributed by atoms with van der Waals surface area (Å²) >= 11 is 0. The van der Waals surface area contributed by atoms with Crippen molar-refractivity contribution < 1.29 is 8.78 Å². The molecule has 0 spiro atoms. The number of piperazine rings is 1. The van der Waals surface area contributed by atoms with Gasteiger partial charge in [-0.15, -0.1) is 0 Å². The van der Waals surface area contributed by atoms with Gasteiger partial charge in [-0.05, 0) is 61.9 Å².